The Balaban J connectivity index is 1.50. The predicted octanol–water partition coefficient (Wildman–Crippen LogP) is 1.97. The fraction of sp³-hybridized carbons (Fsp3) is 0.227. The van der Waals surface area contributed by atoms with Crippen LogP contribution < -0.4 is 5.43 Å². The molecule has 154 valence electrons. The van der Waals surface area contributed by atoms with Gasteiger partial charge in [0, 0.05) is 41.3 Å². The molecule has 2 N–H and O–H groups in total. The van der Waals surface area contributed by atoms with Gasteiger partial charge < -0.3 is 19.3 Å². The molecule has 0 bridgehead atoms. The first-order chi connectivity index (χ1) is 14.6. The third kappa shape index (κ3) is 4.33. The lowest BCUT2D eigenvalue weighted by molar-refractivity contribution is -0.135. The van der Waals surface area contributed by atoms with Crippen LogP contribution in [0.5, 0.6) is 5.75 Å². The molecule has 2 heterocycles. The number of phenolic OH excluding ortho intramolecular Hbond substituents is 1. The highest BCUT2D eigenvalue weighted by Crippen LogP contribution is 2.20. The van der Waals surface area contributed by atoms with Crippen molar-refractivity contribution in [3.8, 4) is 5.75 Å². The van der Waals surface area contributed by atoms with Gasteiger partial charge in [-0.05, 0) is 30.3 Å². The van der Waals surface area contributed by atoms with E-state index in [9.17, 15) is 14.7 Å². The number of ether oxygens (including phenoxy) is 1. The van der Waals surface area contributed by atoms with Crippen LogP contribution in [0.25, 0.3) is 10.9 Å². The van der Waals surface area contributed by atoms with Crippen molar-refractivity contribution in [1.29, 1.82) is 0 Å². The van der Waals surface area contributed by atoms with Gasteiger partial charge in [0.2, 0.25) is 5.91 Å². The summed E-state index contributed by atoms with van der Waals surface area (Å²) in [6, 6.07) is 13.7. The van der Waals surface area contributed by atoms with Gasteiger partial charge in [-0.3, -0.25) is 9.59 Å². The maximum atomic E-state index is 12.6. The fourth-order valence-electron chi connectivity index (χ4n) is 3.41. The van der Waals surface area contributed by atoms with E-state index >= 15 is 0 Å². The van der Waals surface area contributed by atoms with E-state index in [0.29, 0.717) is 31.9 Å². The fourth-order valence-corrected chi connectivity index (χ4v) is 3.41. The third-order valence-electron chi connectivity index (χ3n) is 4.99. The molecular formula is C22H22N4O4. The number of nitrogens with zero attached hydrogens (tertiary/aromatic N) is 3. The molecule has 0 saturated carbocycles. The summed E-state index contributed by atoms with van der Waals surface area (Å²) < 4.78 is 7.21. The van der Waals surface area contributed by atoms with Crippen LogP contribution in [0.4, 0.5) is 0 Å². The van der Waals surface area contributed by atoms with Gasteiger partial charge in [0.1, 0.15) is 12.3 Å². The maximum absolute atomic E-state index is 12.6. The molecule has 0 radical (unpaired) electrons. The van der Waals surface area contributed by atoms with Gasteiger partial charge in [0.05, 0.1) is 19.4 Å². The molecule has 0 atom stereocenters. The van der Waals surface area contributed by atoms with E-state index in [1.54, 1.807) is 6.21 Å². The molecule has 8 heteroatoms. The molecule has 2 aromatic carbocycles. The Morgan fingerprint density at radius 3 is 2.60 bits per heavy atom. The Labute approximate surface area is 173 Å². The van der Waals surface area contributed by atoms with Gasteiger partial charge in [0.25, 0.3) is 5.91 Å². The van der Waals surface area contributed by atoms with Crippen LogP contribution in [0.15, 0.2) is 59.8 Å². The molecule has 2 amide bonds. The standard InChI is InChI=1S/C22H22N4O4/c27-18-7-5-16(6-8-18)22(29)24-23-13-17-14-26(20-4-2-1-3-19(17)20)15-21(28)25-9-11-30-12-10-25/h1-8,13-14,27H,9-12,15H2,(H,24,29)/b23-13-. The number of nitrogens with one attached hydrogen (secondary N) is 1. The molecule has 1 aromatic heterocycles. The van der Waals surface area contributed by atoms with Gasteiger partial charge in [-0.15, -0.1) is 0 Å². The smallest absolute Gasteiger partial charge is 0.271 e. The summed E-state index contributed by atoms with van der Waals surface area (Å²) in [5.41, 5.74) is 4.60. The highest BCUT2D eigenvalue weighted by molar-refractivity contribution is 6.01. The van der Waals surface area contributed by atoms with E-state index in [0.717, 1.165) is 16.5 Å². The number of phenols is 1. The van der Waals surface area contributed by atoms with Crippen LogP contribution in [-0.2, 0) is 16.1 Å². The summed E-state index contributed by atoms with van der Waals surface area (Å²) in [6.07, 6.45) is 3.43. The molecule has 0 aliphatic carbocycles. The second-order valence-electron chi connectivity index (χ2n) is 6.97. The monoisotopic (exact) mass is 406 g/mol. The van der Waals surface area contributed by atoms with E-state index in [-0.39, 0.29) is 24.1 Å². The normalized spacial score (nSPS) is 14.3. The SMILES string of the molecule is O=C(N/N=C\c1cn(CC(=O)N2CCOCC2)c2ccccc12)c1ccc(O)cc1. The third-order valence-corrected chi connectivity index (χ3v) is 4.99. The number of aromatic hydroxyl groups is 1. The maximum Gasteiger partial charge on any atom is 0.271 e. The molecule has 0 unspecified atom stereocenters. The highest BCUT2D eigenvalue weighted by Gasteiger charge is 2.18. The molecule has 4 rings (SSSR count). The molecule has 8 nitrogen and oxygen atoms in total. The summed E-state index contributed by atoms with van der Waals surface area (Å²) in [4.78, 5) is 26.6. The second kappa shape index (κ2) is 8.79. The lowest BCUT2D eigenvalue weighted by atomic mass is 10.2. The number of hydrogen-bond acceptors (Lipinski definition) is 5. The molecule has 0 spiro atoms. The van der Waals surface area contributed by atoms with Crippen molar-refractivity contribution < 1.29 is 19.4 Å². The van der Waals surface area contributed by atoms with Crippen LogP contribution >= 0.6 is 0 Å². The number of fused-ring (bicyclic) bond motifs is 1. The number of carbonyl (C=O) groups excluding carboxylic acids is 2. The van der Waals surface area contributed by atoms with Gasteiger partial charge in [-0.1, -0.05) is 18.2 Å². The number of morpholine rings is 1. The Morgan fingerprint density at radius 2 is 1.83 bits per heavy atom. The van der Waals surface area contributed by atoms with E-state index in [1.165, 1.54) is 24.3 Å². The van der Waals surface area contributed by atoms with Crippen molar-refractivity contribution in [2.75, 3.05) is 26.3 Å². The lowest BCUT2D eigenvalue weighted by Gasteiger charge is -2.27. The summed E-state index contributed by atoms with van der Waals surface area (Å²) in [6.45, 7) is 2.58. The number of benzene rings is 2. The molecule has 1 aliphatic rings. The Morgan fingerprint density at radius 1 is 1.10 bits per heavy atom. The Kier molecular flexibility index (Phi) is 5.76. The van der Waals surface area contributed by atoms with Crippen LogP contribution in [0.2, 0.25) is 0 Å². The van der Waals surface area contributed by atoms with Crippen molar-refractivity contribution in [1.82, 2.24) is 14.9 Å². The molecule has 1 saturated heterocycles. The largest absolute Gasteiger partial charge is 0.508 e. The first-order valence-corrected chi connectivity index (χ1v) is 9.67. The molecule has 1 fully saturated rings. The number of hydrogen-bond donors (Lipinski definition) is 2. The Bertz CT molecular complexity index is 1080. The summed E-state index contributed by atoms with van der Waals surface area (Å²) in [5, 5.41) is 14.3. The first kappa shape index (κ1) is 19.7. The zero-order valence-corrected chi connectivity index (χ0v) is 16.3. The van der Waals surface area contributed by atoms with Crippen LogP contribution in [0, 0.1) is 0 Å². The number of aromatic nitrogens is 1. The highest BCUT2D eigenvalue weighted by atomic mass is 16.5. The molecule has 1 aliphatic heterocycles. The number of carbonyl (C=O) groups is 2. The summed E-state index contributed by atoms with van der Waals surface area (Å²) >= 11 is 0. The van der Waals surface area contributed by atoms with Crippen molar-refractivity contribution in [2.45, 2.75) is 6.54 Å². The second-order valence-corrected chi connectivity index (χ2v) is 6.97. The zero-order valence-electron chi connectivity index (χ0n) is 16.3. The van der Waals surface area contributed by atoms with Crippen molar-refractivity contribution in [2.24, 2.45) is 5.10 Å². The zero-order chi connectivity index (χ0) is 20.9. The average Bonchev–Trinajstić information content (AvgIpc) is 3.12. The van der Waals surface area contributed by atoms with Gasteiger partial charge in [0.15, 0.2) is 0 Å². The predicted molar refractivity (Wildman–Crippen MR) is 113 cm³/mol. The van der Waals surface area contributed by atoms with E-state index in [2.05, 4.69) is 10.5 Å². The number of para-hydroxylation sites is 1. The molecule has 3 aromatic rings. The minimum absolute atomic E-state index is 0.0446. The minimum Gasteiger partial charge on any atom is -0.508 e. The van der Waals surface area contributed by atoms with Crippen LogP contribution in [0.3, 0.4) is 0 Å². The van der Waals surface area contributed by atoms with Gasteiger partial charge in [-0.25, -0.2) is 5.43 Å². The van der Waals surface area contributed by atoms with Crippen molar-refractivity contribution in [3.63, 3.8) is 0 Å². The first-order valence-electron chi connectivity index (χ1n) is 9.67. The average molecular weight is 406 g/mol. The molecular weight excluding hydrogens is 384 g/mol. The van der Waals surface area contributed by atoms with E-state index < -0.39 is 0 Å². The summed E-state index contributed by atoms with van der Waals surface area (Å²) in [7, 11) is 0. The molecule has 30 heavy (non-hydrogen) atoms. The van der Waals surface area contributed by atoms with Gasteiger partial charge >= 0.3 is 0 Å². The van der Waals surface area contributed by atoms with Gasteiger partial charge in [-0.2, -0.15) is 5.10 Å². The van der Waals surface area contributed by atoms with Crippen LogP contribution in [-0.4, -0.2) is 58.9 Å². The number of hydrazone groups is 1. The summed E-state index contributed by atoms with van der Waals surface area (Å²) in [5.74, 6) is -0.241. The van der Waals surface area contributed by atoms with Crippen molar-refractivity contribution >= 4 is 28.9 Å². The number of amides is 2. The minimum atomic E-state index is -0.377. The van der Waals surface area contributed by atoms with Crippen molar-refractivity contribution in [3.05, 3.63) is 65.9 Å². The number of rotatable bonds is 5. The quantitative estimate of drug-likeness (QED) is 0.500. The van der Waals surface area contributed by atoms with E-state index in [4.69, 9.17) is 4.74 Å². The topological polar surface area (TPSA) is 96.2 Å². The van der Waals surface area contributed by atoms with Crippen LogP contribution in [0.1, 0.15) is 15.9 Å². The van der Waals surface area contributed by atoms with E-state index in [1.807, 2.05) is 39.9 Å². The Hall–Kier alpha value is -3.65. The lowest BCUT2D eigenvalue weighted by Crippen LogP contribution is -2.42.